The van der Waals surface area contributed by atoms with Crippen LogP contribution >= 0.6 is 0 Å². The summed E-state index contributed by atoms with van der Waals surface area (Å²) in [5.74, 6) is 1.48. The summed E-state index contributed by atoms with van der Waals surface area (Å²) >= 11 is 0. The predicted molar refractivity (Wildman–Crippen MR) is 74.0 cm³/mol. The van der Waals surface area contributed by atoms with Crippen LogP contribution in [-0.2, 0) is 6.42 Å². The topological polar surface area (TPSA) is 26.0 Å². The Morgan fingerprint density at radius 3 is 2.76 bits per heavy atom. The van der Waals surface area contributed by atoms with Crippen molar-refractivity contribution in [3.05, 3.63) is 35.4 Å². The van der Waals surface area contributed by atoms with Gasteiger partial charge in [-0.05, 0) is 50.0 Å². The zero-order valence-electron chi connectivity index (χ0n) is 11.4. The third-order valence-corrected chi connectivity index (χ3v) is 4.46. The molecule has 0 saturated heterocycles. The highest BCUT2D eigenvalue weighted by molar-refractivity contribution is 5.24. The molecule has 0 amide bonds. The monoisotopic (exact) mass is 231 g/mol. The molecule has 0 aliphatic heterocycles. The first-order valence-corrected chi connectivity index (χ1v) is 6.84. The number of hydrogen-bond donors (Lipinski definition) is 1. The second-order valence-corrected chi connectivity index (χ2v) is 6.18. The van der Waals surface area contributed by atoms with Crippen molar-refractivity contribution in [2.75, 3.05) is 0 Å². The quantitative estimate of drug-likeness (QED) is 0.825. The molecule has 1 aliphatic carbocycles. The van der Waals surface area contributed by atoms with Crippen molar-refractivity contribution in [1.29, 1.82) is 0 Å². The van der Waals surface area contributed by atoms with E-state index in [1.54, 1.807) is 0 Å². The van der Waals surface area contributed by atoms with Gasteiger partial charge >= 0.3 is 0 Å². The molecule has 3 unspecified atom stereocenters. The number of aryl methyl sites for hydroxylation is 1. The van der Waals surface area contributed by atoms with Crippen LogP contribution in [0, 0.1) is 18.8 Å². The molecule has 0 heterocycles. The zero-order valence-corrected chi connectivity index (χ0v) is 11.4. The molecule has 2 rings (SSSR count). The minimum absolute atomic E-state index is 0.0142. The summed E-state index contributed by atoms with van der Waals surface area (Å²) in [6, 6.07) is 8.79. The highest BCUT2D eigenvalue weighted by atomic mass is 14.8. The average molecular weight is 231 g/mol. The SMILES string of the molecule is Cc1cccc(CC2(N)CCC(C)CC2C)c1. The number of benzene rings is 1. The van der Waals surface area contributed by atoms with Gasteiger partial charge in [-0.25, -0.2) is 0 Å². The van der Waals surface area contributed by atoms with Crippen LogP contribution in [0.15, 0.2) is 24.3 Å². The number of nitrogens with two attached hydrogens (primary N) is 1. The van der Waals surface area contributed by atoms with Crippen molar-refractivity contribution in [2.45, 2.75) is 52.0 Å². The van der Waals surface area contributed by atoms with Gasteiger partial charge in [0.2, 0.25) is 0 Å². The number of hydrogen-bond acceptors (Lipinski definition) is 1. The fourth-order valence-electron chi connectivity index (χ4n) is 3.18. The Labute approximate surface area is 105 Å². The van der Waals surface area contributed by atoms with Crippen molar-refractivity contribution in [3.8, 4) is 0 Å². The molecule has 1 aromatic carbocycles. The van der Waals surface area contributed by atoms with E-state index in [0.717, 1.165) is 12.3 Å². The summed E-state index contributed by atoms with van der Waals surface area (Å²) in [7, 11) is 0. The molecule has 17 heavy (non-hydrogen) atoms. The van der Waals surface area contributed by atoms with Crippen molar-refractivity contribution < 1.29 is 0 Å². The molecule has 1 heteroatoms. The second kappa shape index (κ2) is 4.81. The van der Waals surface area contributed by atoms with Gasteiger partial charge < -0.3 is 5.73 Å². The Morgan fingerprint density at radius 1 is 1.35 bits per heavy atom. The molecule has 1 saturated carbocycles. The molecule has 0 aromatic heterocycles. The van der Waals surface area contributed by atoms with Gasteiger partial charge in [-0.2, -0.15) is 0 Å². The van der Waals surface area contributed by atoms with Crippen LogP contribution in [0.1, 0.15) is 44.2 Å². The lowest BCUT2D eigenvalue weighted by Gasteiger charge is -2.42. The van der Waals surface area contributed by atoms with E-state index >= 15 is 0 Å². The molecule has 0 bridgehead atoms. The van der Waals surface area contributed by atoms with Crippen LogP contribution in [0.3, 0.4) is 0 Å². The summed E-state index contributed by atoms with van der Waals surface area (Å²) < 4.78 is 0. The van der Waals surface area contributed by atoms with Crippen LogP contribution < -0.4 is 5.73 Å². The highest BCUT2D eigenvalue weighted by Gasteiger charge is 2.36. The molecular weight excluding hydrogens is 206 g/mol. The molecule has 2 N–H and O–H groups in total. The molecule has 1 aromatic rings. The summed E-state index contributed by atoms with van der Waals surface area (Å²) in [5.41, 5.74) is 9.39. The Kier molecular flexibility index (Phi) is 3.58. The summed E-state index contributed by atoms with van der Waals surface area (Å²) in [4.78, 5) is 0. The lowest BCUT2D eigenvalue weighted by atomic mass is 9.68. The zero-order chi connectivity index (χ0) is 12.5. The smallest absolute Gasteiger partial charge is 0.0221 e. The normalized spacial score (nSPS) is 33.6. The van der Waals surface area contributed by atoms with E-state index in [-0.39, 0.29) is 5.54 Å². The van der Waals surface area contributed by atoms with Crippen LogP contribution in [0.25, 0.3) is 0 Å². The molecule has 3 atom stereocenters. The maximum absolute atomic E-state index is 6.65. The van der Waals surface area contributed by atoms with Gasteiger partial charge in [-0.3, -0.25) is 0 Å². The first-order valence-electron chi connectivity index (χ1n) is 6.84. The van der Waals surface area contributed by atoms with E-state index < -0.39 is 0 Å². The Bertz CT molecular complexity index is 385. The fraction of sp³-hybridized carbons (Fsp3) is 0.625. The highest BCUT2D eigenvalue weighted by Crippen LogP contribution is 2.37. The third kappa shape index (κ3) is 2.90. The van der Waals surface area contributed by atoms with E-state index in [2.05, 4.69) is 45.0 Å². The molecule has 94 valence electrons. The van der Waals surface area contributed by atoms with Crippen LogP contribution in [-0.4, -0.2) is 5.54 Å². The van der Waals surface area contributed by atoms with Gasteiger partial charge in [0.05, 0.1) is 0 Å². The molecular formula is C16H25N. The second-order valence-electron chi connectivity index (χ2n) is 6.18. The summed E-state index contributed by atoms with van der Waals surface area (Å²) in [5, 5.41) is 0. The lowest BCUT2D eigenvalue weighted by Crippen LogP contribution is -2.51. The van der Waals surface area contributed by atoms with Crippen LogP contribution in [0.2, 0.25) is 0 Å². The molecule has 1 fully saturated rings. The van der Waals surface area contributed by atoms with Gasteiger partial charge in [0.25, 0.3) is 0 Å². The first kappa shape index (κ1) is 12.6. The van der Waals surface area contributed by atoms with Gasteiger partial charge in [0, 0.05) is 5.54 Å². The van der Waals surface area contributed by atoms with Crippen molar-refractivity contribution in [1.82, 2.24) is 0 Å². The minimum atomic E-state index is 0.0142. The Hall–Kier alpha value is -0.820. The first-order chi connectivity index (χ1) is 7.99. The van der Waals surface area contributed by atoms with Crippen molar-refractivity contribution in [3.63, 3.8) is 0 Å². The molecule has 1 nitrogen and oxygen atoms in total. The van der Waals surface area contributed by atoms with Gasteiger partial charge in [0.1, 0.15) is 0 Å². The Balaban J connectivity index is 2.11. The van der Waals surface area contributed by atoms with Gasteiger partial charge in [-0.15, -0.1) is 0 Å². The Morgan fingerprint density at radius 2 is 2.12 bits per heavy atom. The van der Waals surface area contributed by atoms with Crippen molar-refractivity contribution in [2.24, 2.45) is 17.6 Å². The van der Waals surface area contributed by atoms with E-state index in [4.69, 9.17) is 5.73 Å². The summed E-state index contributed by atoms with van der Waals surface area (Å²) in [6.45, 7) is 6.83. The average Bonchev–Trinajstić information content (AvgIpc) is 2.25. The van der Waals surface area contributed by atoms with E-state index in [1.807, 2.05) is 0 Å². The minimum Gasteiger partial charge on any atom is -0.325 e. The largest absolute Gasteiger partial charge is 0.325 e. The van der Waals surface area contributed by atoms with E-state index in [1.165, 1.54) is 30.4 Å². The molecule has 0 spiro atoms. The van der Waals surface area contributed by atoms with Gasteiger partial charge in [-0.1, -0.05) is 43.7 Å². The number of rotatable bonds is 2. The van der Waals surface area contributed by atoms with Gasteiger partial charge in [0.15, 0.2) is 0 Å². The fourth-order valence-corrected chi connectivity index (χ4v) is 3.18. The van der Waals surface area contributed by atoms with E-state index in [9.17, 15) is 0 Å². The maximum Gasteiger partial charge on any atom is 0.0221 e. The predicted octanol–water partition coefficient (Wildman–Crippen LogP) is 3.69. The maximum atomic E-state index is 6.65. The summed E-state index contributed by atoms with van der Waals surface area (Å²) in [6.07, 6.45) is 4.76. The lowest BCUT2D eigenvalue weighted by molar-refractivity contribution is 0.163. The molecule has 0 radical (unpaired) electrons. The van der Waals surface area contributed by atoms with Crippen LogP contribution in [0.4, 0.5) is 0 Å². The standard InChI is InChI=1S/C16H25N/c1-12-5-4-6-15(10-12)11-16(17)8-7-13(2)9-14(16)3/h4-6,10,13-14H,7-9,11,17H2,1-3H3. The molecule has 1 aliphatic rings. The van der Waals surface area contributed by atoms with Crippen LogP contribution in [0.5, 0.6) is 0 Å². The van der Waals surface area contributed by atoms with E-state index in [0.29, 0.717) is 5.92 Å². The third-order valence-electron chi connectivity index (χ3n) is 4.46. The van der Waals surface area contributed by atoms with Crippen molar-refractivity contribution >= 4 is 0 Å².